The molecular formula is C18H31NO2. The molecular weight excluding hydrogens is 262 g/mol. The third-order valence-electron chi connectivity index (χ3n) is 5.30. The van der Waals surface area contributed by atoms with Crippen LogP contribution in [0.2, 0.25) is 0 Å². The largest absolute Gasteiger partial charge is 0.325 e. The average Bonchev–Trinajstić information content (AvgIpc) is 2.29. The van der Waals surface area contributed by atoms with E-state index in [1.807, 2.05) is 34.6 Å². The first kappa shape index (κ1) is 18.1. The van der Waals surface area contributed by atoms with Gasteiger partial charge in [-0.15, -0.1) is 0 Å². The topological polar surface area (TPSA) is 60.2 Å². The quantitative estimate of drug-likeness (QED) is 0.871. The highest BCUT2D eigenvalue weighted by Gasteiger charge is 2.44. The summed E-state index contributed by atoms with van der Waals surface area (Å²) in [6.45, 7) is 18.5. The van der Waals surface area contributed by atoms with E-state index >= 15 is 0 Å². The monoisotopic (exact) mass is 293 g/mol. The van der Waals surface area contributed by atoms with Gasteiger partial charge in [0.2, 0.25) is 10.9 Å². The molecule has 120 valence electrons. The van der Waals surface area contributed by atoms with Gasteiger partial charge >= 0.3 is 0 Å². The van der Waals surface area contributed by atoms with Gasteiger partial charge in [-0.1, -0.05) is 55.4 Å². The molecule has 0 aromatic heterocycles. The predicted octanol–water partition coefficient (Wildman–Crippen LogP) is 3.08. The van der Waals surface area contributed by atoms with Gasteiger partial charge in [0.05, 0.1) is 0 Å². The van der Waals surface area contributed by atoms with Crippen LogP contribution in [0, 0.1) is 11.3 Å². The minimum atomic E-state index is -0.541. The van der Waals surface area contributed by atoms with Gasteiger partial charge in [0.25, 0.3) is 0 Å². The fourth-order valence-electron chi connectivity index (χ4n) is 3.19. The molecule has 0 aliphatic carbocycles. The summed E-state index contributed by atoms with van der Waals surface area (Å²) in [6.07, 6.45) is 0. The van der Waals surface area contributed by atoms with Gasteiger partial charge in [-0.2, -0.15) is 0 Å². The van der Waals surface area contributed by atoms with Gasteiger partial charge in [-0.05, 0) is 23.7 Å². The predicted molar refractivity (Wildman–Crippen MR) is 89.7 cm³/mol. The maximum Gasteiger partial charge on any atom is 0.230 e. The van der Waals surface area contributed by atoms with Crippen LogP contribution in [0.5, 0.6) is 0 Å². The second-order valence-corrected chi connectivity index (χ2v) is 8.87. The first-order chi connectivity index (χ1) is 9.13. The van der Waals surface area contributed by atoms with Crippen molar-refractivity contribution in [1.82, 2.24) is 0 Å². The first-order valence-electron chi connectivity index (χ1n) is 7.76. The molecule has 3 atom stereocenters. The summed E-state index contributed by atoms with van der Waals surface area (Å²) < 4.78 is 0. The van der Waals surface area contributed by atoms with Gasteiger partial charge < -0.3 is 5.73 Å². The molecule has 1 aromatic rings. The number of rotatable bonds is 3. The normalized spacial score (nSPS) is 19.3. The van der Waals surface area contributed by atoms with Gasteiger partial charge in [-0.25, -0.2) is 0 Å². The molecule has 2 N–H and O–H groups in total. The molecule has 3 nitrogen and oxygen atoms in total. The van der Waals surface area contributed by atoms with Crippen molar-refractivity contribution in [2.75, 3.05) is 0 Å². The third-order valence-corrected chi connectivity index (χ3v) is 5.30. The summed E-state index contributed by atoms with van der Waals surface area (Å²) >= 11 is 0. The minimum Gasteiger partial charge on any atom is -0.325 e. The fraction of sp³-hybridized carbons (Fsp3) is 0.778. The van der Waals surface area contributed by atoms with Crippen molar-refractivity contribution in [3.05, 3.63) is 31.6 Å². The second-order valence-electron chi connectivity index (χ2n) is 8.87. The molecule has 0 fully saturated rings. The van der Waals surface area contributed by atoms with E-state index in [1.165, 1.54) is 0 Å². The van der Waals surface area contributed by atoms with Gasteiger partial charge in [0, 0.05) is 22.6 Å². The Morgan fingerprint density at radius 3 is 1.62 bits per heavy atom. The Labute approximate surface area is 128 Å². The Hall–Kier alpha value is -0.960. The van der Waals surface area contributed by atoms with Crippen LogP contribution in [0.3, 0.4) is 0 Å². The molecule has 0 saturated carbocycles. The molecule has 0 spiro atoms. The Morgan fingerprint density at radius 2 is 1.29 bits per heavy atom. The lowest BCUT2D eigenvalue weighted by atomic mass is 9.62. The SMILES string of the molecule is CC(c1c(C(C)(C)C)c(=O)c1=O)C(C)(N)C(C)C(C)(C)C. The Balaban J connectivity index is 3.34. The first-order valence-corrected chi connectivity index (χ1v) is 7.76. The molecule has 3 unspecified atom stereocenters. The fourth-order valence-corrected chi connectivity index (χ4v) is 3.19. The standard InChI is InChI=1S/C18H31NO2/c1-10(18(9,19)11(2)16(3,4)5)12-13(17(6,7)8)15(21)14(12)20/h10-11H,19H2,1-9H3. The van der Waals surface area contributed by atoms with E-state index in [0.717, 1.165) is 0 Å². The van der Waals surface area contributed by atoms with Crippen molar-refractivity contribution in [3.63, 3.8) is 0 Å². The number of hydrogen-bond donors (Lipinski definition) is 1. The highest BCUT2D eigenvalue weighted by atomic mass is 16.2. The molecule has 3 heteroatoms. The minimum absolute atomic E-state index is 0.0387. The van der Waals surface area contributed by atoms with Crippen molar-refractivity contribution < 1.29 is 0 Å². The Bertz CT molecular complexity index is 590. The van der Waals surface area contributed by atoms with Crippen molar-refractivity contribution in [3.8, 4) is 0 Å². The smallest absolute Gasteiger partial charge is 0.230 e. The molecule has 0 radical (unpaired) electrons. The maximum absolute atomic E-state index is 12.1. The zero-order valence-corrected chi connectivity index (χ0v) is 15.0. The van der Waals surface area contributed by atoms with Crippen LogP contribution in [0.1, 0.15) is 79.4 Å². The van der Waals surface area contributed by atoms with E-state index in [-0.39, 0.29) is 33.5 Å². The molecule has 0 aliphatic heterocycles. The lowest BCUT2D eigenvalue weighted by Gasteiger charge is -2.45. The summed E-state index contributed by atoms with van der Waals surface area (Å²) in [5.41, 5.74) is 6.44. The highest BCUT2D eigenvalue weighted by Crippen LogP contribution is 2.41. The van der Waals surface area contributed by atoms with E-state index < -0.39 is 5.54 Å². The second kappa shape index (κ2) is 5.05. The summed E-state index contributed by atoms with van der Waals surface area (Å²) in [7, 11) is 0. The zero-order valence-electron chi connectivity index (χ0n) is 15.0. The van der Waals surface area contributed by atoms with E-state index in [4.69, 9.17) is 5.73 Å². The van der Waals surface area contributed by atoms with Crippen LogP contribution in [-0.4, -0.2) is 5.54 Å². The number of nitrogens with two attached hydrogens (primary N) is 1. The molecule has 1 aromatic carbocycles. The zero-order chi connectivity index (χ0) is 17.0. The van der Waals surface area contributed by atoms with Gasteiger partial charge in [0.15, 0.2) is 0 Å². The van der Waals surface area contributed by atoms with Crippen molar-refractivity contribution in [2.45, 2.75) is 79.2 Å². The summed E-state index contributed by atoms with van der Waals surface area (Å²) in [4.78, 5) is 24.1. The van der Waals surface area contributed by atoms with Gasteiger partial charge in [-0.3, -0.25) is 9.59 Å². The van der Waals surface area contributed by atoms with E-state index in [1.54, 1.807) is 0 Å². The number of hydrogen-bond acceptors (Lipinski definition) is 3. The van der Waals surface area contributed by atoms with Crippen LogP contribution >= 0.6 is 0 Å². The molecule has 1 rings (SSSR count). The Morgan fingerprint density at radius 1 is 0.857 bits per heavy atom. The average molecular weight is 293 g/mol. The highest BCUT2D eigenvalue weighted by molar-refractivity contribution is 5.42. The molecule has 0 aliphatic rings. The van der Waals surface area contributed by atoms with Crippen LogP contribution in [0.4, 0.5) is 0 Å². The van der Waals surface area contributed by atoms with Gasteiger partial charge in [0.1, 0.15) is 0 Å². The van der Waals surface area contributed by atoms with Crippen molar-refractivity contribution >= 4 is 0 Å². The summed E-state index contributed by atoms with van der Waals surface area (Å²) in [5.74, 6) is 0.0726. The maximum atomic E-state index is 12.1. The van der Waals surface area contributed by atoms with E-state index in [2.05, 4.69) is 27.7 Å². The lowest BCUT2D eigenvalue weighted by Crippen LogP contribution is -2.56. The molecule has 21 heavy (non-hydrogen) atoms. The van der Waals surface area contributed by atoms with Crippen LogP contribution in [-0.2, 0) is 5.41 Å². The van der Waals surface area contributed by atoms with Crippen LogP contribution < -0.4 is 16.6 Å². The third kappa shape index (κ3) is 2.98. The van der Waals surface area contributed by atoms with Crippen molar-refractivity contribution in [2.24, 2.45) is 17.1 Å². The summed E-state index contributed by atoms with van der Waals surface area (Å²) in [5, 5.41) is 0. The molecule has 0 heterocycles. The van der Waals surface area contributed by atoms with Crippen molar-refractivity contribution in [1.29, 1.82) is 0 Å². The Kier molecular flexibility index (Phi) is 4.35. The van der Waals surface area contributed by atoms with Crippen LogP contribution in [0.15, 0.2) is 9.59 Å². The van der Waals surface area contributed by atoms with E-state index in [9.17, 15) is 9.59 Å². The lowest BCUT2D eigenvalue weighted by molar-refractivity contribution is 0.136. The molecule has 0 saturated heterocycles. The molecule has 0 bridgehead atoms. The summed E-state index contributed by atoms with van der Waals surface area (Å²) in [6, 6.07) is 0. The van der Waals surface area contributed by atoms with E-state index in [0.29, 0.717) is 11.1 Å². The molecule has 0 amide bonds. The van der Waals surface area contributed by atoms with Crippen LogP contribution in [0.25, 0.3) is 0 Å².